The van der Waals surface area contributed by atoms with Crippen molar-refractivity contribution in [2.45, 2.75) is 4.90 Å². The zero-order chi connectivity index (χ0) is 14.9. The fourth-order valence-corrected chi connectivity index (χ4v) is 3.36. The number of halogens is 3. The second kappa shape index (κ2) is 5.81. The smallest absolute Gasteiger partial charge is 0.261 e. The first-order chi connectivity index (χ1) is 9.28. The van der Waals surface area contributed by atoms with E-state index in [2.05, 4.69) is 20.7 Å². The number of nitrogens with one attached hydrogen (secondary N) is 1. The largest absolute Gasteiger partial charge is 0.398 e. The first-order valence-corrected chi connectivity index (χ1v) is 8.35. The lowest BCUT2D eigenvalue weighted by Gasteiger charge is -2.10. The van der Waals surface area contributed by atoms with Gasteiger partial charge in [0.15, 0.2) is 0 Å². The molecule has 0 saturated carbocycles. The maximum absolute atomic E-state index is 12.2. The van der Waals surface area contributed by atoms with Gasteiger partial charge in [-0.3, -0.25) is 4.72 Å². The second-order valence-electron chi connectivity index (χ2n) is 3.95. The SMILES string of the molecule is Nc1cc(S(=O)(=O)Nc2cc(Cl)cc(Cl)c2)ccc1Br. The summed E-state index contributed by atoms with van der Waals surface area (Å²) in [4.78, 5) is 0.0503. The van der Waals surface area contributed by atoms with Crippen molar-refractivity contribution in [2.75, 3.05) is 10.5 Å². The van der Waals surface area contributed by atoms with E-state index in [1.54, 1.807) is 6.07 Å². The van der Waals surface area contributed by atoms with Crippen LogP contribution in [-0.2, 0) is 10.0 Å². The molecule has 0 aliphatic heterocycles. The van der Waals surface area contributed by atoms with Crippen LogP contribution in [-0.4, -0.2) is 8.42 Å². The van der Waals surface area contributed by atoms with E-state index in [1.807, 2.05) is 0 Å². The number of anilines is 2. The molecule has 0 atom stereocenters. The number of sulfonamides is 1. The molecule has 0 spiro atoms. The molecule has 0 aliphatic carbocycles. The van der Waals surface area contributed by atoms with Gasteiger partial charge in [0.25, 0.3) is 10.0 Å². The molecule has 2 aromatic carbocycles. The monoisotopic (exact) mass is 394 g/mol. The normalized spacial score (nSPS) is 11.3. The van der Waals surface area contributed by atoms with Gasteiger partial charge in [-0.25, -0.2) is 8.42 Å². The zero-order valence-corrected chi connectivity index (χ0v) is 13.8. The van der Waals surface area contributed by atoms with Crippen LogP contribution in [0.2, 0.25) is 10.0 Å². The fourth-order valence-electron chi connectivity index (χ4n) is 1.52. The van der Waals surface area contributed by atoms with Crippen molar-refractivity contribution in [1.29, 1.82) is 0 Å². The van der Waals surface area contributed by atoms with Gasteiger partial charge in [0.2, 0.25) is 0 Å². The Kier molecular flexibility index (Phi) is 4.49. The molecule has 2 rings (SSSR count). The number of nitrogens with two attached hydrogens (primary N) is 1. The molecular weight excluding hydrogens is 387 g/mol. The van der Waals surface area contributed by atoms with Crippen LogP contribution < -0.4 is 10.5 Å². The molecule has 0 unspecified atom stereocenters. The standard InChI is InChI=1S/C12H9BrCl2N2O2S/c13-11-2-1-10(6-12(11)16)20(18,19)17-9-4-7(14)3-8(15)5-9/h1-6,17H,16H2. The summed E-state index contributed by atoms with van der Waals surface area (Å²) in [5.41, 5.74) is 6.29. The van der Waals surface area contributed by atoms with Crippen LogP contribution in [0.1, 0.15) is 0 Å². The summed E-state index contributed by atoms with van der Waals surface area (Å²) in [6.45, 7) is 0. The predicted octanol–water partition coefficient (Wildman–Crippen LogP) is 4.14. The Morgan fingerprint density at radius 2 is 1.65 bits per heavy atom. The Balaban J connectivity index is 2.37. The summed E-state index contributed by atoms with van der Waals surface area (Å²) >= 11 is 14.9. The lowest BCUT2D eigenvalue weighted by molar-refractivity contribution is 0.601. The van der Waals surface area contributed by atoms with Crippen molar-refractivity contribution in [3.8, 4) is 0 Å². The molecule has 0 bridgehead atoms. The third kappa shape index (κ3) is 3.58. The quantitative estimate of drug-likeness (QED) is 0.767. The molecule has 20 heavy (non-hydrogen) atoms. The molecule has 106 valence electrons. The van der Waals surface area contributed by atoms with Gasteiger partial charge in [0.05, 0.1) is 10.6 Å². The van der Waals surface area contributed by atoms with Crippen molar-refractivity contribution >= 4 is 60.5 Å². The molecular formula is C12H9BrCl2N2O2S. The maximum Gasteiger partial charge on any atom is 0.261 e. The van der Waals surface area contributed by atoms with E-state index in [0.29, 0.717) is 20.2 Å². The third-order valence-corrected chi connectivity index (χ3v) is 4.93. The summed E-state index contributed by atoms with van der Waals surface area (Å²) in [6, 6.07) is 8.81. The van der Waals surface area contributed by atoms with Crippen molar-refractivity contribution in [2.24, 2.45) is 0 Å². The van der Waals surface area contributed by atoms with Crippen LogP contribution >= 0.6 is 39.1 Å². The van der Waals surface area contributed by atoms with Crippen LogP contribution in [0.5, 0.6) is 0 Å². The fraction of sp³-hybridized carbons (Fsp3) is 0. The summed E-state index contributed by atoms with van der Waals surface area (Å²) in [5, 5.41) is 0.677. The van der Waals surface area contributed by atoms with Crippen molar-refractivity contribution in [3.63, 3.8) is 0 Å². The lowest BCUT2D eigenvalue weighted by atomic mass is 10.3. The average Bonchev–Trinajstić information content (AvgIpc) is 2.30. The van der Waals surface area contributed by atoms with Crippen molar-refractivity contribution in [3.05, 3.63) is 50.9 Å². The molecule has 0 radical (unpaired) electrons. The van der Waals surface area contributed by atoms with Crippen LogP contribution in [0, 0.1) is 0 Å². The van der Waals surface area contributed by atoms with Gasteiger partial charge in [0.1, 0.15) is 0 Å². The van der Waals surface area contributed by atoms with E-state index < -0.39 is 10.0 Å². The first-order valence-electron chi connectivity index (χ1n) is 5.32. The van der Waals surface area contributed by atoms with Crippen LogP contribution in [0.3, 0.4) is 0 Å². The van der Waals surface area contributed by atoms with Gasteiger partial charge in [0, 0.05) is 20.2 Å². The highest BCUT2D eigenvalue weighted by Gasteiger charge is 2.15. The van der Waals surface area contributed by atoms with Crippen LogP contribution in [0.25, 0.3) is 0 Å². The molecule has 4 nitrogen and oxygen atoms in total. The summed E-state index contributed by atoms with van der Waals surface area (Å²) in [7, 11) is -3.75. The number of hydrogen-bond acceptors (Lipinski definition) is 3. The zero-order valence-electron chi connectivity index (χ0n) is 9.90. The minimum absolute atomic E-state index is 0.0503. The Hall–Kier alpha value is -0.950. The molecule has 0 aliphatic rings. The molecule has 0 amide bonds. The highest BCUT2D eigenvalue weighted by atomic mass is 79.9. The Morgan fingerprint density at radius 3 is 2.20 bits per heavy atom. The molecule has 0 aromatic heterocycles. The summed E-state index contributed by atoms with van der Waals surface area (Å²) < 4.78 is 27.5. The second-order valence-corrected chi connectivity index (χ2v) is 7.36. The van der Waals surface area contributed by atoms with Crippen molar-refractivity contribution < 1.29 is 8.42 Å². The highest BCUT2D eigenvalue weighted by molar-refractivity contribution is 9.10. The highest BCUT2D eigenvalue weighted by Crippen LogP contribution is 2.27. The van der Waals surface area contributed by atoms with Gasteiger partial charge in [-0.2, -0.15) is 0 Å². The average molecular weight is 396 g/mol. The van der Waals surface area contributed by atoms with Crippen LogP contribution in [0.4, 0.5) is 11.4 Å². The molecule has 2 aromatic rings. The number of nitrogen functional groups attached to an aromatic ring is 1. The maximum atomic E-state index is 12.2. The van der Waals surface area contributed by atoms with Crippen molar-refractivity contribution in [1.82, 2.24) is 0 Å². The number of rotatable bonds is 3. The minimum Gasteiger partial charge on any atom is -0.398 e. The molecule has 8 heteroatoms. The lowest BCUT2D eigenvalue weighted by Crippen LogP contribution is -2.13. The number of hydrogen-bond donors (Lipinski definition) is 2. The van der Waals surface area contributed by atoms with Gasteiger partial charge < -0.3 is 5.73 Å². The third-order valence-electron chi connectivity index (χ3n) is 2.39. The Labute approximate surface area is 135 Å². The topological polar surface area (TPSA) is 72.2 Å². The van der Waals surface area contributed by atoms with Gasteiger partial charge in [-0.15, -0.1) is 0 Å². The Morgan fingerprint density at radius 1 is 1.05 bits per heavy atom. The van der Waals surface area contributed by atoms with Gasteiger partial charge >= 0.3 is 0 Å². The van der Waals surface area contributed by atoms with E-state index >= 15 is 0 Å². The molecule has 0 saturated heterocycles. The summed E-state index contributed by atoms with van der Waals surface area (Å²) in [6.07, 6.45) is 0. The molecule has 0 fully saturated rings. The minimum atomic E-state index is -3.75. The molecule has 3 N–H and O–H groups in total. The van der Waals surface area contributed by atoms with E-state index in [4.69, 9.17) is 28.9 Å². The Bertz CT molecular complexity index is 746. The van der Waals surface area contributed by atoms with Gasteiger partial charge in [-0.05, 0) is 52.3 Å². The van der Waals surface area contributed by atoms with E-state index in [9.17, 15) is 8.42 Å². The van der Waals surface area contributed by atoms with Gasteiger partial charge in [-0.1, -0.05) is 23.2 Å². The van der Waals surface area contributed by atoms with Crippen LogP contribution in [0.15, 0.2) is 45.8 Å². The molecule has 0 heterocycles. The van der Waals surface area contributed by atoms with E-state index in [-0.39, 0.29) is 10.6 Å². The first kappa shape index (κ1) is 15.4. The predicted molar refractivity (Wildman–Crippen MR) is 85.8 cm³/mol. The van der Waals surface area contributed by atoms with E-state index in [1.165, 1.54) is 30.3 Å². The number of benzene rings is 2. The van der Waals surface area contributed by atoms with E-state index in [0.717, 1.165) is 0 Å². The summed E-state index contributed by atoms with van der Waals surface area (Å²) in [5.74, 6) is 0.